The molecule has 0 saturated carbocycles. The zero-order valence-corrected chi connectivity index (χ0v) is 5.27. The maximum atomic E-state index is 12.9. The van der Waals surface area contributed by atoms with E-state index >= 15 is 0 Å². The second kappa shape index (κ2) is 2.16. The van der Waals surface area contributed by atoms with Gasteiger partial charge in [0.15, 0.2) is 0 Å². The molecule has 0 N–H and O–H groups in total. The first kappa shape index (κ1) is 7.40. The van der Waals surface area contributed by atoms with Crippen molar-refractivity contribution in [3.8, 4) is 0 Å². The molecule has 2 unspecified atom stereocenters. The molecule has 0 aromatic rings. The Labute approximate surface area is 55.8 Å². The molecule has 0 aliphatic carbocycles. The molecule has 5 heteroatoms. The molecular weight excluding hydrogens is 146 g/mol. The van der Waals surface area contributed by atoms with E-state index in [2.05, 4.69) is 9.78 Å². The number of carbonyl (C=O) groups excluding carboxylic acids is 1. The van der Waals surface area contributed by atoms with Gasteiger partial charge in [-0.25, -0.2) is 13.6 Å². The second-order valence-corrected chi connectivity index (χ2v) is 2.00. The van der Waals surface area contributed by atoms with Crippen LogP contribution in [0.1, 0.15) is 13.3 Å². The largest absolute Gasteiger partial charge is 0.385 e. The normalized spacial score (nSPS) is 39.9. The molecule has 58 valence electrons. The Morgan fingerprint density at radius 1 is 1.80 bits per heavy atom. The predicted molar refractivity (Wildman–Crippen MR) is 26.2 cm³/mol. The monoisotopic (exact) mass is 152 g/mol. The van der Waals surface area contributed by atoms with Crippen LogP contribution in [0.3, 0.4) is 0 Å². The molecular formula is C5H6F2O3. The van der Waals surface area contributed by atoms with Gasteiger partial charge in [-0.3, -0.25) is 4.89 Å². The molecule has 10 heavy (non-hydrogen) atoms. The minimum Gasteiger partial charge on any atom is -0.291 e. The van der Waals surface area contributed by atoms with Crippen molar-refractivity contribution < 1.29 is 23.4 Å². The summed E-state index contributed by atoms with van der Waals surface area (Å²) < 4.78 is 25.1. The van der Waals surface area contributed by atoms with Crippen LogP contribution < -0.4 is 0 Å². The molecule has 0 bridgehead atoms. The van der Waals surface area contributed by atoms with Crippen LogP contribution in [-0.2, 0) is 14.6 Å². The lowest BCUT2D eigenvalue weighted by Crippen LogP contribution is -2.36. The SMILES string of the molecule is CCC1(F)C(=O)OOC1F. The molecule has 0 aromatic carbocycles. The van der Waals surface area contributed by atoms with E-state index in [1.54, 1.807) is 0 Å². The Balaban J connectivity index is 2.80. The summed E-state index contributed by atoms with van der Waals surface area (Å²) in [6.07, 6.45) is -2.57. The molecule has 1 heterocycles. The molecule has 2 atom stereocenters. The van der Waals surface area contributed by atoms with E-state index in [9.17, 15) is 13.6 Å². The summed E-state index contributed by atoms with van der Waals surface area (Å²) in [4.78, 5) is 17.7. The van der Waals surface area contributed by atoms with E-state index in [1.807, 2.05) is 0 Å². The molecule has 1 rings (SSSR count). The fourth-order valence-electron chi connectivity index (χ4n) is 0.629. The third kappa shape index (κ3) is 0.775. The Morgan fingerprint density at radius 2 is 2.40 bits per heavy atom. The van der Waals surface area contributed by atoms with Crippen molar-refractivity contribution in [2.75, 3.05) is 0 Å². The highest BCUT2D eigenvalue weighted by molar-refractivity contribution is 5.80. The van der Waals surface area contributed by atoms with Gasteiger partial charge in [0.2, 0.25) is 0 Å². The summed E-state index contributed by atoms with van der Waals surface area (Å²) in [6, 6.07) is 0. The van der Waals surface area contributed by atoms with Gasteiger partial charge >= 0.3 is 5.97 Å². The van der Waals surface area contributed by atoms with E-state index in [-0.39, 0.29) is 6.42 Å². The van der Waals surface area contributed by atoms with E-state index in [0.717, 1.165) is 0 Å². The summed E-state index contributed by atoms with van der Waals surface area (Å²) in [6.45, 7) is 1.34. The molecule has 0 radical (unpaired) electrons. The van der Waals surface area contributed by atoms with Crippen LogP contribution in [0.4, 0.5) is 8.78 Å². The zero-order valence-electron chi connectivity index (χ0n) is 5.27. The van der Waals surface area contributed by atoms with Crippen molar-refractivity contribution in [2.45, 2.75) is 25.4 Å². The molecule has 0 spiro atoms. The summed E-state index contributed by atoms with van der Waals surface area (Å²) in [5.74, 6) is -1.29. The maximum absolute atomic E-state index is 12.9. The van der Waals surface area contributed by atoms with Crippen LogP contribution in [0.15, 0.2) is 0 Å². The zero-order chi connectivity index (χ0) is 7.78. The molecule has 1 saturated heterocycles. The van der Waals surface area contributed by atoms with Crippen molar-refractivity contribution >= 4 is 5.97 Å². The molecule has 1 fully saturated rings. The van der Waals surface area contributed by atoms with Crippen molar-refractivity contribution in [1.82, 2.24) is 0 Å². The minimum absolute atomic E-state index is 0.285. The lowest BCUT2D eigenvalue weighted by atomic mass is 10.0. The fourth-order valence-corrected chi connectivity index (χ4v) is 0.629. The average molecular weight is 152 g/mol. The van der Waals surface area contributed by atoms with Crippen LogP contribution in [0.2, 0.25) is 0 Å². The number of rotatable bonds is 1. The van der Waals surface area contributed by atoms with Gasteiger partial charge < -0.3 is 0 Å². The smallest absolute Gasteiger partial charge is 0.291 e. The molecule has 1 aliphatic heterocycles. The number of carbonyl (C=O) groups is 1. The number of hydrogen-bond donors (Lipinski definition) is 0. The van der Waals surface area contributed by atoms with Gasteiger partial charge in [-0.15, -0.1) is 4.89 Å². The summed E-state index contributed by atoms with van der Waals surface area (Å²) >= 11 is 0. The second-order valence-electron chi connectivity index (χ2n) is 2.00. The minimum atomic E-state index is -2.60. The van der Waals surface area contributed by atoms with Crippen LogP contribution >= 0.6 is 0 Å². The Kier molecular flexibility index (Phi) is 1.60. The first-order valence-electron chi connectivity index (χ1n) is 2.82. The Morgan fingerprint density at radius 3 is 2.60 bits per heavy atom. The van der Waals surface area contributed by atoms with Gasteiger partial charge in [0.05, 0.1) is 0 Å². The highest BCUT2D eigenvalue weighted by Gasteiger charge is 2.55. The summed E-state index contributed by atoms with van der Waals surface area (Å²) in [7, 11) is 0. The van der Waals surface area contributed by atoms with Gasteiger partial charge in [-0.1, -0.05) is 6.92 Å². The van der Waals surface area contributed by atoms with Gasteiger partial charge in [0.1, 0.15) is 0 Å². The van der Waals surface area contributed by atoms with Gasteiger partial charge in [-0.05, 0) is 6.42 Å². The number of hydrogen-bond acceptors (Lipinski definition) is 3. The van der Waals surface area contributed by atoms with Gasteiger partial charge in [0, 0.05) is 0 Å². The Hall–Kier alpha value is -0.710. The molecule has 3 nitrogen and oxygen atoms in total. The third-order valence-corrected chi connectivity index (χ3v) is 1.42. The van der Waals surface area contributed by atoms with E-state index in [1.165, 1.54) is 6.92 Å². The molecule has 0 aromatic heterocycles. The fraction of sp³-hybridized carbons (Fsp3) is 0.800. The van der Waals surface area contributed by atoms with Crippen LogP contribution in [0, 0.1) is 0 Å². The number of halogens is 2. The van der Waals surface area contributed by atoms with Crippen LogP contribution in [0.25, 0.3) is 0 Å². The van der Waals surface area contributed by atoms with E-state index < -0.39 is 18.0 Å². The van der Waals surface area contributed by atoms with Crippen molar-refractivity contribution in [1.29, 1.82) is 0 Å². The average Bonchev–Trinajstić information content (AvgIpc) is 2.18. The van der Waals surface area contributed by atoms with Gasteiger partial charge in [-0.2, -0.15) is 0 Å². The van der Waals surface area contributed by atoms with E-state index in [0.29, 0.717) is 0 Å². The van der Waals surface area contributed by atoms with Crippen molar-refractivity contribution in [3.05, 3.63) is 0 Å². The quantitative estimate of drug-likeness (QED) is 0.523. The first-order valence-corrected chi connectivity index (χ1v) is 2.82. The van der Waals surface area contributed by atoms with E-state index in [4.69, 9.17) is 0 Å². The van der Waals surface area contributed by atoms with Crippen LogP contribution in [0.5, 0.6) is 0 Å². The van der Waals surface area contributed by atoms with Crippen LogP contribution in [-0.4, -0.2) is 18.0 Å². The van der Waals surface area contributed by atoms with Gasteiger partial charge in [0.25, 0.3) is 12.0 Å². The topological polar surface area (TPSA) is 35.5 Å². The molecule has 0 amide bonds. The first-order chi connectivity index (χ1) is 4.61. The highest BCUT2D eigenvalue weighted by atomic mass is 19.2. The van der Waals surface area contributed by atoms with Crippen molar-refractivity contribution in [3.63, 3.8) is 0 Å². The van der Waals surface area contributed by atoms with Crippen molar-refractivity contribution in [2.24, 2.45) is 0 Å². The Bertz CT molecular complexity index is 161. The standard InChI is InChI=1S/C5H6F2O3/c1-2-5(7)3(6)9-10-4(5)8/h3H,2H2,1H3. The summed E-state index contributed by atoms with van der Waals surface area (Å²) in [5.41, 5.74) is -2.60. The molecule has 1 aliphatic rings. The number of alkyl halides is 2. The lowest BCUT2D eigenvalue weighted by molar-refractivity contribution is -0.290. The lowest BCUT2D eigenvalue weighted by Gasteiger charge is -2.09. The maximum Gasteiger partial charge on any atom is 0.385 e. The third-order valence-electron chi connectivity index (χ3n) is 1.42. The summed E-state index contributed by atoms with van der Waals surface area (Å²) in [5, 5.41) is 0. The highest BCUT2D eigenvalue weighted by Crippen LogP contribution is 2.31. The predicted octanol–water partition coefficient (Wildman–Crippen LogP) is 0.889.